The van der Waals surface area contributed by atoms with E-state index in [0.29, 0.717) is 18.4 Å². The number of rotatable bonds is 5. The van der Waals surface area contributed by atoms with Crippen molar-refractivity contribution >= 4 is 11.8 Å². The van der Waals surface area contributed by atoms with Crippen molar-refractivity contribution in [2.24, 2.45) is 35.5 Å². The zero-order valence-electron chi connectivity index (χ0n) is 27.6. The summed E-state index contributed by atoms with van der Waals surface area (Å²) in [7, 11) is 0. The predicted octanol–water partition coefficient (Wildman–Crippen LogP) is 3.70. The summed E-state index contributed by atoms with van der Waals surface area (Å²) in [6, 6.07) is 8.77. The minimum absolute atomic E-state index is 0.00214. The molecule has 10 heteroatoms. The van der Waals surface area contributed by atoms with Gasteiger partial charge in [-0.2, -0.15) is 0 Å². The molecule has 2 unspecified atom stereocenters. The zero-order chi connectivity index (χ0) is 33.1. The molecule has 4 saturated heterocycles. The van der Waals surface area contributed by atoms with Crippen LogP contribution in [0.15, 0.2) is 42.5 Å². The molecular weight excluding hydrogens is 604 g/mol. The summed E-state index contributed by atoms with van der Waals surface area (Å²) in [5, 5.41) is 36.0. The number of aliphatic hydroxyl groups is 3. The number of epoxide rings is 1. The van der Waals surface area contributed by atoms with E-state index < -0.39 is 88.7 Å². The lowest BCUT2D eigenvalue weighted by atomic mass is 9.51. The van der Waals surface area contributed by atoms with Crippen LogP contribution in [0.25, 0.3) is 0 Å². The van der Waals surface area contributed by atoms with Crippen molar-refractivity contribution in [2.75, 3.05) is 13.2 Å². The molecule has 3 bridgehead atoms. The van der Waals surface area contributed by atoms with E-state index in [1.165, 1.54) is 0 Å². The molecule has 0 aromatic heterocycles. The Morgan fingerprint density at radius 3 is 2.49 bits per heavy atom. The average molecular weight is 653 g/mol. The van der Waals surface area contributed by atoms with Crippen molar-refractivity contribution < 1.29 is 48.6 Å². The zero-order valence-corrected chi connectivity index (χ0v) is 27.6. The molecule has 256 valence electrons. The standard InChI is InChI=1S/C37H48O10/c1-20(2)33-17-24(18-43-31(40)23-14-10-8-11-15-23)37-26-29(33)45-35(46-33,47-37)16-12-7-5-6-9-13-21(3)25-22(4)28(39)36(42,27(25)37)32(41)34(19-38)30(26)44-34/h8,10-11,14-15,21-22,24-27,29-30,32,38,41-42H,1,5-7,9,12-13,16-19H2,2-4H3/t21-,22-,24-,25-,26?,27+,29+,30-,32+,33+,34-,35+,36+,37?/m0/s1. The predicted molar refractivity (Wildman–Crippen MR) is 167 cm³/mol. The topological polar surface area (TPSA) is 144 Å². The molecular formula is C37H48O10. The van der Waals surface area contributed by atoms with Gasteiger partial charge in [0.25, 0.3) is 5.97 Å². The first-order valence-corrected chi connectivity index (χ1v) is 17.6. The number of hydrogen-bond donors (Lipinski definition) is 3. The molecule has 2 spiro atoms. The molecule has 8 rings (SSSR count). The third-order valence-corrected chi connectivity index (χ3v) is 13.4. The Morgan fingerprint density at radius 1 is 1.04 bits per heavy atom. The van der Waals surface area contributed by atoms with Crippen LogP contribution in [0.3, 0.4) is 0 Å². The Bertz CT molecular complexity index is 1470. The number of aliphatic hydroxyl groups excluding tert-OH is 2. The minimum atomic E-state index is -2.30. The lowest BCUT2D eigenvalue weighted by Gasteiger charge is -2.61. The van der Waals surface area contributed by atoms with Gasteiger partial charge in [0.2, 0.25) is 0 Å². The van der Waals surface area contributed by atoms with Gasteiger partial charge in [-0.25, -0.2) is 4.79 Å². The van der Waals surface area contributed by atoms with Crippen molar-refractivity contribution in [3.05, 3.63) is 48.0 Å². The van der Waals surface area contributed by atoms with E-state index in [0.717, 1.165) is 44.1 Å². The van der Waals surface area contributed by atoms with Gasteiger partial charge in [-0.15, -0.1) is 0 Å². The van der Waals surface area contributed by atoms with Crippen molar-refractivity contribution in [3.63, 3.8) is 0 Å². The molecule has 4 heterocycles. The van der Waals surface area contributed by atoms with E-state index in [-0.39, 0.29) is 18.4 Å². The van der Waals surface area contributed by atoms with Crippen molar-refractivity contribution in [2.45, 2.75) is 119 Å². The van der Waals surface area contributed by atoms with E-state index in [1.807, 2.05) is 19.9 Å². The molecule has 0 radical (unpaired) electrons. The van der Waals surface area contributed by atoms with E-state index in [1.54, 1.807) is 24.3 Å². The van der Waals surface area contributed by atoms with Crippen LogP contribution in [0.1, 0.15) is 82.5 Å². The van der Waals surface area contributed by atoms with Crippen LogP contribution in [-0.4, -0.2) is 87.0 Å². The Labute approximate surface area is 275 Å². The summed E-state index contributed by atoms with van der Waals surface area (Å²) in [6.07, 6.45) is 3.21. The van der Waals surface area contributed by atoms with Crippen LogP contribution in [0.4, 0.5) is 0 Å². The monoisotopic (exact) mass is 652 g/mol. The normalized spacial score (nSPS) is 51.2. The van der Waals surface area contributed by atoms with Crippen LogP contribution in [0, 0.1) is 35.5 Å². The third kappa shape index (κ3) is 4.03. The smallest absolute Gasteiger partial charge is 0.338 e. The summed E-state index contributed by atoms with van der Waals surface area (Å²) in [4.78, 5) is 28.0. The molecule has 3 saturated carbocycles. The Hall–Kier alpha value is -2.18. The van der Waals surface area contributed by atoms with Crippen molar-refractivity contribution in [1.29, 1.82) is 0 Å². The number of carbonyl (C=O) groups excluding carboxylic acids is 2. The number of fused-ring (bicyclic) bond motifs is 1. The first kappa shape index (κ1) is 32.0. The van der Waals surface area contributed by atoms with Crippen LogP contribution in [0.5, 0.6) is 0 Å². The maximum atomic E-state index is 14.5. The van der Waals surface area contributed by atoms with Crippen molar-refractivity contribution in [1.82, 2.24) is 0 Å². The summed E-state index contributed by atoms with van der Waals surface area (Å²) in [6.45, 7) is 9.56. The minimum Gasteiger partial charge on any atom is -0.462 e. The van der Waals surface area contributed by atoms with Gasteiger partial charge in [0, 0.05) is 30.1 Å². The Kier molecular flexibility index (Phi) is 7.27. The number of Topliss-reactive ketones (excluding diaryl/α,β-unsaturated/α-hetero) is 1. The molecule has 14 atom stereocenters. The number of ketones is 1. The summed E-state index contributed by atoms with van der Waals surface area (Å²) in [5.41, 5.74) is -5.20. The number of carbonyl (C=O) groups is 2. The second-order valence-electron chi connectivity index (χ2n) is 15.7. The fraction of sp³-hybridized carbons (Fsp3) is 0.730. The van der Waals surface area contributed by atoms with Gasteiger partial charge >= 0.3 is 5.97 Å². The molecule has 0 amide bonds. The van der Waals surface area contributed by atoms with E-state index in [9.17, 15) is 24.9 Å². The molecule has 1 aromatic carbocycles. The second kappa shape index (κ2) is 10.7. The van der Waals surface area contributed by atoms with Gasteiger partial charge in [-0.3, -0.25) is 4.79 Å². The molecule has 3 N–H and O–H groups in total. The lowest BCUT2D eigenvalue weighted by molar-refractivity contribution is -0.438. The molecule has 3 aliphatic carbocycles. The number of esters is 1. The second-order valence-corrected chi connectivity index (χ2v) is 15.7. The van der Waals surface area contributed by atoms with Gasteiger partial charge in [0.1, 0.15) is 29.5 Å². The van der Waals surface area contributed by atoms with Gasteiger partial charge in [0.15, 0.2) is 11.4 Å². The quantitative estimate of drug-likeness (QED) is 0.245. The average Bonchev–Trinajstić information content (AvgIpc) is 3.70. The largest absolute Gasteiger partial charge is 0.462 e. The Balaban J connectivity index is 1.36. The lowest BCUT2D eigenvalue weighted by Crippen LogP contribution is -2.74. The summed E-state index contributed by atoms with van der Waals surface area (Å²) < 4.78 is 33.7. The third-order valence-electron chi connectivity index (χ3n) is 13.4. The van der Waals surface area contributed by atoms with Crippen LogP contribution < -0.4 is 0 Å². The summed E-state index contributed by atoms with van der Waals surface area (Å²) in [5.74, 6) is -5.64. The SMILES string of the molecule is C=C(C)[C@]12C[C@@H](COC(=O)c3ccccc3)C34O[C@@]5(CCCCCCC[C@H](C)[C@H]6[C@H](C)C(=O)[C@@](O)([C@H](O)[C@@]7(CO)O[C@H]7C3[C@H]1O5)[C@@H]64)O2. The fourth-order valence-electron chi connectivity index (χ4n) is 11.2. The van der Waals surface area contributed by atoms with Crippen LogP contribution in [-0.2, 0) is 28.5 Å². The van der Waals surface area contributed by atoms with Crippen LogP contribution in [0.2, 0.25) is 0 Å². The van der Waals surface area contributed by atoms with Gasteiger partial charge in [-0.1, -0.05) is 70.7 Å². The number of ether oxygens (including phenoxy) is 5. The number of hydrogen-bond acceptors (Lipinski definition) is 10. The van der Waals surface area contributed by atoms with Crippen LogP contribution >= 0.6 is 0 Å². The first-order chi connectivity index (χ1) is 22.4. The first-order valence-electron chi connectivity index (χ1n) is 17.6. The van der Waals surface area contributed by atoms with E-state index in [4.69, 9.17) is 23.7 Å². The van der Waals surface area contributed by atoms with Gasteiger partial charge < -0.3 is 39.0 Å². The van der Waals surface area contributed by atoms with Gasteiger partial charge in [0.05, 0.1) is 24.4 Å². The molecule has 10 nitrogen and oxygen atoms in total. The molecule has 7 aliphatic rings. The fourth-order valence-corrected chi connectivity index (χ4v) is 11.2. The highest BCUT2D eigenvalue weighted by Gasteiger charge is 2.90. The number of benzene rings is 1. The molecule has 4 aliphatic heterocycles. The van der Waals surface area contributed by atoms with Crippen molar-refractivity contribution in [3.8, 4) is 0 Å². The highest BCUT2D eigenvalue weighted by atomic mass is 16.9. The maximum Gasteiger partial charge on any atom is 0.338 e. The van der Waals surface area contributed by atoms with E-state index >= 15 is 0 Å². The van der Waals surface area contributed by atoms with E-state index in [2.05, 4.69) is 13.5 Å². The Morgan fingerprint density at radius 2 is 1.77 bits per heavy atom. The summed E-state index contributed by atoms with van der Waals surface area (Å²) >= 11 is 0. The molecule has 1 aromatic rings. The highest BCUT2D eigenvalue weighted by molar-refractivity contribution is 5.94. The molecule has 47 heavy (non-hydrogen) atoms. The van der Waals surface area contributed by atoms with Gasteiger partial charge in [-0.05, 0) is 49.3 Å². The highest BCUT2D eigenvalue weighted by Crippen LogP contribution is 2.75. The maximum absolute atomic E-state index is 14.5. The molecule has 7 fully saturated rings.